The number of benzene rings is 2. The molecule has 1 heterocycles. The van der Waals surface area contributed by atoms with Crippen LogP contribution in [-0.2, 0) is 0 Å². The number of nitrogens with zero attached hydrogens (tertiary/aromatic N) is 1. The lowest BCUT2D eigenvalue weighted by Gasteiger charge is -2.12. The van der Waals surface area contributed by atoms with Crippen molar-refractivity contribution in [1.82, 2.24) is 4.98 Å². The first kappa shape index (κ1) is 20.5. The number of aromatic nitrogens is 1. The number of amidine groups is 1. The van der Waals surface area contributed by atoms with Gasteiger partial charge in [0.1, 0.15) is 11.7 Å². The summed E-state index contributed by atoms with van der Waals surface area (Å²) >= 11 is 9.14. The molecule has 3 rings (SSSR count). The van der Waals surface area contributed by atoms with Crippen molar-refractivity contribution in [2.24, 2.45) is 5.73 Å². The zero-order valence-corrected chi connectivity index (χ0v) is 17.2. The van der Waals surface area contributed by atoms with Gasteiger partial charge in [-0.15, -0.1) is 0 Å². The summed E-state index contributed by atoms with van der Waals surface area (Å²) in [5, 5.41) is 13.3. The van der Waals surface area contributed by atoms with Crippen LogP contribution in [0.5, 0.6) is 0 Å². The Kier molecular flexibility index (Phi) is 6.26. The number of carbonyl (C=O) groups excluding carboxylic acids is 2. The first-order chi connectivity index (χ1) is 13.8. The van der Waals surface area contributed by atoms with Crippen molar-refractivity contribution in [3.8, 4) is 0 Å². The Morgan fingerprint density at radius 3 is 2.28 bits per heavy atom. The van der Waals surface area contributed by atoms with Crippen molar-refractivity contribution in [2.45, 2.75) is 0 Å². The number of anilines is 2. The number of halogens is 2. The average molecular weight is 473 g/mol. The van der Waals surface area contributed by atoms with Crippen molar-refractivity contribution in [3.05, 3.63) is 87.0 Å². The summed E-state index contributed by atoms with van der Waals surface area (Å²) in [6.45, 7) is 0. The second kappa shape index (κ2) is 8.85. The van der Waals surface area contributed by atoms with Crippen LogP contribution in [0.1, 0.15) is 26.3 Å². The highest BCUT2D eigenvalue weighted by Crippen LogP contribution is 2.23. The van der Waals surface area contributed by atoms with Gasteiger partial charge in [0.15, 0.2) is 0 Å². The molecule has 0 aliphatic rings. The summed E-state index contributed by atoms with van der Waals surface area (Å²) in [5.41, 5.74) is 6.89. The van der Waals surface area contributed by atoms with Crippen LogP contribution >= 0.6 is 27.5 Å². The first-order valence-electron chi connectivity index (χ1n) is 8.32. The van der Waals surface area contributed by atoms with E-state index in [-0.39, 0.29) is 11.4 Å². The van der Waals surface area contributed by atoms with Crippen molar-refractivity contribution >= 4 is 56.7 Å². The molecule has 0 atom stereocenters. The lowest BCUT2D eigenvalue weighted by molar-refractivity contribution is 0.102. The van der Waals surface area contributed by atoms with Crippen molar-refractivity contribution in [2.75, 3.05) is 10.6 Å². The molecule has 146 valence electrons. The number of hydrogen-bond donors (Lipinski definition) is 4. The number of hydrogen-bond acceptors (Lipinski definition) is 4. The fourth-order valence-electron chi connectivity index (χ4n) is 2.44. The van der Waals surface area contributed by atoms with E-state index in [1.165, 1.54) is 6.20 Å². The SMILES string of the molecule is N=C(N)c1ccc(C(=O)Nc2ccc(Br)cc2C(=O)Nc2ccc(Cl)cn2)cc1. The van der Waals surface area contributed by atoms with Crippen LogP contribution in [0.15, 0.2) is 65.3 Å². The molecule has 0 bridgehead atoms. The molecule has 5 N–H and O–H groups in total. The number of nitrogens with two attached hydrogens (primary N) is 1. The summed E-state index contributed by atoms with van der Waals surface area (Å²) < 4.78 is 0.676. The predicted molar refractivity (Wildman–Crippen MR) is 117 cm³/mol. The second-order valence-corrected chi connectivity index (χ2v) is 7.30. The maximum Gasteiger partial charge on any atom is 0.258 e. The summed E-state index contributed by atoms with van der Waals surface area (Å²) in [6.07, 6.45) is 1.42. The normalized spacial score (nSPS) is 10.3. The van der Waals surface area contributed by atoms with Gasteiger partial charge in [-0.05, 0) is 42.5 Å². The molecule has 29 heavy (non-hydrogen) atoms. The summed E-state index contributed by atoms with van der Waals surface area (Å²) in [7, 11) is 0. The van der Waals surface area contributed by atoms with Crippen molar-refractivity contribution in [1.29, 1.82) is 5.41 Å². The maximum absolute atomic E-state index is 12.7. The minimum Gasteiger partial charge on any atom is -0.384 e. The molecular formula is C20H15BrClN5O2. The molecule has 9 heteroatoms. The van der Waals surface area contributed by atoms with Gasteiger partial charge in [0, 0.05) is 21.8 Å². The first-order valence-corrected chi connectivity index (χ1v) is 9.49. The summed E-state index contributed by atoms with van der Waals surface area (Å²) in [4.78, 5) is 29.3. The van der Waals surface area contributed by atoms with E-state index in [2.05, 4.69) is 31.5 Å². The van der Waals surface area contributed by atoms with E-state index in [1.54, 1.807) is 54.6 Å². The molecule has 0 saturated heterocycles. The van der Waals surface area contributed by atoms with Gasteiger partial charge in [-0.3, -0.25) is 15.0 Å². The molecule has 2 aromatic carbocycles. The third-order valence-electron chi connectivity index (χ3n) is 3.90. The molecule has 0 aliphatic carbocycles. The van der Waals surface area contributed by atoms with Crippen molar-refractivity contribution in [3.63, 3.8) is 0 Å². The maximum atomic E-state index is 12.7. The van der Waals surface area contributed by atoms with E-state index < -0.39 is 11.8 Å². The van der Waals surface area contributed by atoms with Crippen LogP contribution in [0.25, 0.3) is 0 Å². The third-order valence-corrected chi connectivity index (χ3v) is 4.62. The molecule has 0 fully saturated rings. The second-order valence-electron chi connectivity index (χ2n) is 5.95. The van der Waals surface area contributed by atoms with Gasteiger partial charge in [-0.1, -0.05) is 39.7 Å². The average Bonchev–Trinajstić information content (AvgIpc) is 2.71. The Hall–Kier alpha value is -3.23. The number of nitrogens with one attached hydrogen (secondary N) is 3. The van der Waals surface area contributed by atoms with E-state index in [0.29, 0.717) is 32.1 Å². The Morgan fingerprint density at radius 2 is 1.66 bits per heavy atom. The molecule has 1 aromatic heterocycles. The van der Waals surface area contributed by atoms with Gasteiger partial charge < -0.3 is 16.4 Å². The fraction of sp³-hybridized carbons (Fsp3) is 0. The highest BCUT2D eigenvalue weighted by Gasteiger charge is 2.16. The van der Waals surface area contributed by atoms with Gasteiger partial charge in [0.25, 0.3) is 11.8 Å². The van der Waals surface area contributed by atoms with E-state index in [1.807, 2.05) is 0 Å². The Morgan fingerprint density at radius 1 is 0.966 bits per heavy atom. The Labute approximate surface area is 179 Å². The van der Waals surface area contributed by atoms with E-state index in [0.717, 1.165) is 0 Å². The lowest BCUT2D eigenvalue weighted by Crippen LogP contribution is -2.19. The zero-order chi connectivity index (χ0) is 21.0. The topological polar surface area (TPSA) is 121 Å². The standard InChI is InChI=1S/C20H15BrClN5O2/c21-13-5-7-16(26-19(28)12-3-1-11(2-4-12)18(23)24)15(9-13)20(29)27-17-8-6-14(22)10-25-17/h1-10H,(H3,23,24)(H,26,28)(H,25,27,29). The number of amides is 2. The lowest BCUT2D eigenvalue weighted by atomic mass is 10.1. The number of carbonyl (C=O) groups is 2. The smallest absolute Gasteiger partial charge is 0.258 e. The van der Waals surface area contributed by atoms with Gasteiger partial charge in [-0.25, -0.2) is 4.98 Å². The van der Waals surface area contributed by atoms with Gasteiger partial charge in [0.2, 0.25) is 0 Å². The number of pyridine rings is 1. The molecule has 0 saturated carbocycles. The van der Waals surface area contributed by atoms with Crippen LogP contribution in [0.3, 0.4) is 0 Å². The minimum absolute atomic E-state index is 0.0837. The summed E-state index contributed by atoms with van der Waals surface area (Å²) in [6, 6.07) is 14.4. The van der Waals surface area contributed by atoms with Gasteiger partial charge in [0.05, 0.1) is 16.3 Å². The van der Waals surface area contributed by atoms with Crippen LogP contribution in [-0.4, -0.2) is 22.6 Å². The van der Waals surface area contributed by atoms with Gasteiger partial charge in [-0.2, -0.15) is 0 Å². The minimum atomic E-state index is -0.441. The third kappa shape index (κ3) is 5.18. The van der Waals surface area contributed by atoms with Gasteiger partial charge >= 0.3 is 0 Å². The van der Waals surface area contributed by atoms with Crippen LogP contribution < -0.4 is 16.4 Å². The van der Waals surface area contributed by atoms with Crippen LogP contribution in [0, 0.1) is 5.41 Å². The molecule has 0 spiro atoms. The Bertz CT molecular complexity index is 1090. The van der Waals surface area contributed by atoms with Crippen molar-refractivity contribution < 1.29 is 9.59 Å². The number of rotatable bonds is 5. The van der Waals surface area contributed by atoms with Crippen LogP contribution in [0.4, 0.5) is 11.5 Å². The predicted octanol–water partition coefficient (Wildman–Crippen LogP) is 4.29. The van der Waals surface area contributed by atoms with E-state index in [9.17, 15) is 9.59 Å². The molecule has 3 aromatic rings. The van der Waals surface area contributed by atoms with E-state index in [4.69, 9.17) is 22.7 Å². The molecule has 0 aliphatic heterocycles. The van der Waals surface area contributed by atoms with E-state index >= 15 is 0 Å². The zero-order valence-electron chi connectivity index (χ0n) is 14.9. The fourth-order valence-corrected chi connectivity index (χ4v) is 2.92. The molecule has 0 unspecified atom stereocenters. The molecular weight excluding hydrogens is 458 g/mol. The monoisotopic (exact) mass is 471 g/mol. The van der Waals surface area contributed by atoms with Crippen LogP contribution in [0.2, 0.25) is 5.02 Å². The molecule has 7 nitrogen and oxygen atoms in total. The molecule has 0 radical (unpaired) electrons. The highest BCUT2D eigenvalue weighted by atomic mass is 79.9. The Balaban J connectivity index is 1.82. The number of nitrogen functional groups attached to an aromatic ring is 1. The largest absolute Gasteiger partial charge is 0.384 e. The molecule has 2 amide bonds. The summed E-state index contributed by atoms with van der Waals surface area (Å²) in [5.74, 6) is -0.597. The quantitative estimate of drug-likeness (QED) is 0.327. The highest BCUT2D eigenvalue weighted by molar-refractivity contribution is 9.10.